The highest BCUT2D eigenvalue weighted by atomic mass is 16.1. The molecule has 0 bridgehead atoms. The average Bonchev–Trinajstić information content (AvgIpc) is 2.70. The maximum atomic E-state index is 12.3. The lowest BCUT2D eigenvalue weighted by Crippen LogP contribution is -2.31. The zero-order valence-electron chi connectivity index (χ0n) is 10.6. The molecule has 1 atom stereocenters. The van der Waals surface area contributed by atoms with Crippen LogP contribution in [0, 0.1) is 5.41 Å². The van der Waals surface area contributed by atoms with Gasteiger partial charge in [-0.2, -0.15) is 5.10 Å². The summed E-state index contributed by atoms with van der Waals surface area (Å²) in [6.07, 6.45) is 6.07. The van der Waals surface area contributed by atoms with E-state index in [1.807, 2.05) is 20.8 Å². The Morgan fingerprint density at radius 1 is 1.44 bits per heavy atom. The van der Waals surface area contributed by atoms with E-state index in [4.69, 9.17) is 0 Å². The molecule has 16 heavy (non-hydrogen) atoms. The van der Waals surface area contributed by atoms with Gasteiger partial charge in [-0.1, -0.05) is 40.5 Å². The Hall–Kier alpha value is -1.19. The van der Waals surface area contributed by atoms with Gasteiger partial charge in [-0.05, 0) is 6.42 Å². The van der Waals surface area contributed by atoms with Gasteiger partial charge in [0.15, 0.2) is 5.78 Å². The summed E-state index contributed by atoms with van der Waals surface area (Å²) >= 11 is 0. The van der Waals surface area contributed by atoms with Gasteiger partial charge in [-0.15, -0.1) is 0 Å². The van der Waals surface area contributed by atoms with E-state index in [-0.39, 0.29) is 17.2 Å². The second-order valence-electron chi connectivity index (χ2n) is 5.15. The molecule has 1 rings (SSSR count). The van der Waals surface area contributed by atoms with Gasteiger partial charge in [-0.3, -0.25) is 4.79 Å². The van der Waals surface area contributed by atoms with Crippen LogP contribution >= 0.6 is 0 Å². The Morgan fingerprint density at radius 2 is 2.12 bits per heavy atom. The molecule has 1 heterocycles. The lowest BCUT2D eigenvalue weighted by atomic mass is 9.85. The predicted octanol–water partition coefficient (Wildman–Crippen LogP) is 2.62. The van der Waals surface area contributed by atoms with Crippen molar-refractivity contribution in [2.45, 2.75) is 53.0 Å². The molecular weight excluding hydrogens is 202 g/mol. The zero-order valence-corrected chi connectivity index (χ0v) is 10.6. The molecule has 1 unspecified atom stereocenters. The van der Waals surface area contributed by atoms with Crippen molar-refractivity contribution in [2.75, 3.05) is 0 Å². The quantitative estimate of drug-likeness (QED) is 0.771. The second-order valence-corrected chi connectivity index (χ2v) is 5.15. The fourth-order valence-corrected chi connectivity index (χ4v) is 1.66. The maximum absolute atomic E-state index is 12.3. The van der Waals surface area contributed by atoms with Crippen LogP contribution in [0.1, 0.15) is 53.0 Å². The average molecular weight is 223 g/mol. The van der Waals surface area contributed by atoms with Crippen molar-refractivity contribution in [1.82, 2.24) is 14.8 Å². The molecule has 0 radical (unpaired) electrons. The molecule has 0 fully saturated rings. The topological polar surface area (TPSA) is 47.8 Å². The van der Waals surface area contributed by atoms with Crippen LogP contribution in [-0.2, 0) is 4.79 Å². The van der Waals surface area contributed by atoms with Crippen molar-refractivity contribution in [1.29, 1.82) is 0 Å². The second kappa shape index (κ2) is 5.23. The number of rotatable bonds is 5. The first-order valence-electron chi connectivity index (χ1n) is 5.85. The maximum Gasteiger partial charge on any atom is 0.162 e. The number of unbranched alkanes of at least 4 members (excludes halogenated alkanes) is 1. The Balaban J connectivity index is 2.84. The van der Waals surface area contributed by atoms with E-state index in [1.165, 1.54) is 6.33 Å². The van der Waals surface area contributed by atoms with Crippen LogP contribution in [-0.4, -0.2) is 20.5 Å². The van der Waals surface area contributed by atoms with E-state index in [2.05, 4.69) is 17.0 Å². The van der Waals surface area contributed by atoms with Crippen molar-refractivity contribution in [3.63, 3.8) is 0 Å². The Labute approximate surface area is 97.1 Å². The van der Waals surface area contributed by atoms with Crippen molar-refractivity contribution < 1.29 is 4.79 Å². The summed E-state index contributed by atoms with van der Waals surface area (Å²) in [4.78, 5) is 16.2. The fraction of sp³-hybridized carbons (Fsp3) is 0.750. The van der Waals surface area contributed by atoms with Crippen LogP contribution in [0.4, 0.5) is 0 Å². The normalized spacial score (nSPS) is 13.8. The SMILES string of the molecule is CCCCC(C(=O)C(C)(C)C)n1cncn1. The first-order chi connectivity index (χ1) is 7.46. The third-order valence-corrected chi connectivity index (χ3v) is 2.63. The first-order valence-corrected chi connectivity index (χ1v) is 5.85. The van der Waals surface area contributed by atoms with Gasteiger partial charge in [0, 0.05) is 5.41 Å². The smallest absolute Gasteiger partial charge is 0.162 e. The number of hydrogen-bond donors (Lipinski definition) is 0. The lowest BCUT2D eigenvalue weighted by Gasteiger charge is -2.24. The minimum absolute atomic E-state index is 0.164. The first kappa shape index (κ1) is 12.9. The number of hydrogen-bond acceptors (Lipinski definition) is 3. The summed E-state index contributed by atoms with van der Waals surface area (Å²) in [7, 11) is 0. The summed E-state index contributed by atoms with van der Waals surface area (Å²) < 4.78 is 1.68. The van der Waals surface area contributed by atoms with E-state index < -0.39 is 0 Å². The largest absolute Gasteiger partial charge is 0.297 e. The van der Waals surface area contributed by atoms with Gasteiger partial charge < -0.3 is 0 Å². The molecule has 0 N–H and O–H groups in total. The number of nitrogens with zero attached hydrogens (tertiary/aromatic N) is 3. The molecule has 90 valence electrons. The molecule has 1 aromatic rings. The molecule has 1 aromatic heterocycles. The lowest BCUT2D eigenvalue weighted by molar-refractivity contribution is -0.130. The highest BCUT2D eigenvalue weighted by Gasteiger charge is 2.30. The Bertz CT molecular complexity index is 325. The zero-order chi connectivity index (χ0) is 12.2. The van der Waals surface area contributed by atoms with Gasteiger partial charge in [0.05, 0.1) is 0 Å². The van der Waals surface area contributed by atoms with Crippen molar-refractivity contribution in [2.24, 2.45) is 5.41 Å². The molecule has 0 saturated carbocycles. The molecule has 0 saturated heterocycles. The summed E-state index contributed by atoms with van der Waals surface area (Å²) in [6, 6.07) is -0.164. The van der Waals surface area contributed by atoms with Crippen molar-refractivity contribution in [3.05, 3.63) is 12.7 Å². The monoisotopic (exact) mass is 223 g/mol. The van der Waals surface area contributed by atoms with Crippen LogP contribution < -0.4 is 0 Å². The molecule has 4 nitrogen and oxygen atoms in total. The van der Waals surface area contributed by atoms with Gasteiger partial charge in [0.1, 0.15) is 18.7 Å². The number of carbonyl (C=O) groups excluding carboxylic acids is 1. The minimum atomic E-state index is -0.329. The van der Waals surface area contributed by atoms with Crippen molar-refractivity contribution >= 4 is 5.78 Å². The highest BCUT2D eigenvalue weighted by molar-refractivity contribution is 5.87. The van der Waals surface area contributed by atoms with Crippen LogP contribution in [0.15, 0.2) is 12.7 Å². The Morgan fingerprint density at radius 3 is 2.56 bits per heavy atom. The summed E-state index contributed by atoms with van der Waals surface area (Å²) in [5, 5.41) is 4.09. The third kappa shape index (κ3) is 3.15. The number of ketones is 1. The fourth-order valence-electron chi connectivity index (χ4n) is 1.66. The molecule has 0 amide bonds. The molecule has 0 aliphatic rings. The van der Waals surface area contributed by atoms with Crippen LogP contribution in [0.3, 0.4) is 0 Å². The molecule has 4 heteroatoms. The third-order valence-electron chi connectivity index (χ3n) is 2.63. The predicted molar refractivity (Wildman–Crippen MR) is 63.0 cm³/mol. The van der Waals surface area contributed by atoms with Gasteiger partial charge in [0.2, 0.25) is 0 Å². The van der Waals surface area contributed by atoms with Crippen LogP contribution in [0.5, 0.6) is 0 Å². The summed E-state index contributed by atoms with van der Waals surface area (Å²) in [5.74, 6) is 0.228. The molecule has 0 spiro atoms. The summed E-state index contributed by atoms with van der Waals surface area (Å²) in [5.41, 5.74) is -0.329. The van der Waals surface area contributed by atoms with Gasteiger partial charge in [0.25, 0.3) is 0 Å². The van der Waals surface area contributed by atoms with E-state index in [0.29, 0.717) is 0 Å². The molecule has 0 aliphatic carbocycles. The van der Waals surface area contributed by atoms with E-state index in [9.17, 15) is 4.79 Å². The molecule has 0 aliphatic heterocycles. The van der Waals surface area contributed by atoms with Crippen molar-refractivity contribution in [3.8, 4) is 0 Å². The highest BCUT2D eigenvalue weighted by Crippen LogP contribution is 2.26. The number of Topliss-reactive ketones (excluding diaryl/α,β-unsaturated/α-hetero) is 1. The van der Waals surface area contributed by atoms with Gasteiger partial charge >= 0.3 is 0 Å². The molecule has 0 aromatic carbocycles. The minimum Gasteiger partial charge on any atom is -0.297 e. The molecular formula is C12H21N3O. The van der Waals surface area contributed by atoms with Crippen LogP contribution in [0.2, 0.25) is 0 Å². The summed E-state index contributed by atoms with van der Waals surface area (Å²) in [6.45, 7) is 7.97. The van der Waals surface area contributed by atoms with E-state index >= 15 is 0 Å². The van der Waals surface area contributed by atoms with E-state index in [0.717, 1.165) is 19.3 Å². The Kier molecular flexibility index (Phi) is 4.21. The standard InChI is InChI=1S/C12H21N3O/c1-5-6-7-10(11(16)12(2,3)4)15-9-13-8-14-15/h8-10H,5-7H2,1-4H3. The van der Waals surface area contributed by atoms with Crippen LogP contribution in [0.25, 0.3) is 0 Å². The van der Waals surface area contributed by atoms with Gasteiger partial charge in [-0.25, -0.2) is 9.67 Å². The number of carbonyl (C=O) groups is 1. The number of aromatic nitrogens is 3. The van der Waals surface area contributed by atoms with E-state index in [1.54, 1.807) is 11.0 Å².